The maximum Gasteiger partial charge on any atom is 0.206 e. The van der Waals surface area contributed by atoms with Crippen molar-refractivity contribution >= 4 is 39.8 Å². The smallest absolute Gasteiger partial charge is 0.206 e. The average Bonchev–Trinajstić information content (AvgIpc) is 2.86. The Morgan fingerprint density at radius 3 is 2.89 bits per heavy atom. The van der Waals surface area contributed by atoms with Crippen LogP contribution in [0, 0.1) is 0 Å². The molecular weight excluding hydrogens is 286 g/mol. The molecule has 0 aliphatic rings. The zero-order valence-corrected chi connectivity index (χ0v) is 11.9. The minimum atomic E-state index is 0.766. The molecule has 18 heavy (non-hydrogen) atoms. The van der Waals surface area contributed by atoms with Crippen molar-refractivity contribution in [1.29, 1.82) is 0 Å². The molecule has 3 nitrogen and oxygen atoms in total. The van der Waals surface area contributed by atoms with E-state index in [1.165, 1.54) is 11.1 Å². The van der Waals surface area contributed by atoms with Gasteiger partial charge in [-0.2, -0.15) is 0 Å². The second kappa shape index (κ2) is 7.41. The van der Waals surface area contributed by atoms with Gasteiger partial charge < -0.3 is 5.32 Å². The van der Waals surface area contributed by atoms with Crippen molar-refractivity contribution in [1.82, 2.24) is 10.2 Å². The van der Waals surface area contributed by atoms with E-state index >= 15 is 0 Å². The first-order valence-electron chi connectivity index (χ1n) is 5.38. The van der Waals surface area contributed by atoms with E-state index in [0.717, 1.165) is 21.8 Å². The zero-order valence-electron chi connectivity index (χ0n) is 9.54. The van der Waals surface area contributed by atoms with E-state index in [0.29, 0.717) is 0 Å². The summed E-state index contributed by atoms with van der Waals surface area (Å²) in [5, 5.41) is 12.3. The molecule has 0 aliphatic heterocycles. The van der Waals surface area contributed by atoms with Crippen molar-refractivity contribution in [2.45, 2.75) is 10.9 Å². The molecule has 0 saturated heterocycles. The molecule has 0 aliphatic carbocycles. The number of aromatic nitrogens is 2. The maximum atomic E-state index is 5.45. The highest BCUT2D eigenvalue weighted by atomic mass is 35.5. The fourth-order valence-corrected chi connectivity index (χ4v) is 3.05. The topological polar surface area (TPSA) is 37.8 Å². The molecule has 0 radical (unpaired) electrons. The van der Waals surface area contributed by atoms with Crippen LogP contribution < -0.4 is 5.32 Å². The molecule has 94 valence electrons. The van der Waals surface area contributed by atoms with Crippen LogP contribution in [-0.2, 0) is 6.54 Å². The lowest BCUT2D eigenvalue weighted by Crippen LogP contribution is -1.98. The normalized spacial score (nSPS) is 10.9. The van der Waals surface area contributed by atoms with Gasteiger partial charge in [-0.05, 0) is 5.56 Å². The number of thioether (sulfide) groups is 1. The first-order valence-corrected chi connectivity index (χ1v) is 7.61. The van der Waals surface area contributed by atoms with Crippen molar-refractivity contribution < 1.29 is 0 Å². The molecule has 2 aromatic rings. The molecule has 0 bridgehead atoms. The van der Waals surface area contributed by atoms with E-state index in [-0.39, 0.29) is 0 Å². The molecule has 6 heteroatoms. The van der Waals surface area contributed by atoms with Gasteiger partial charge in [0.05, 0.1) is 0 Å². The lowest BCUT2D eigenvalue weighted by molar-refractivity contribution is 0.996. The Morgan fingerprint density at radius 1 is 1.28 bits per heavy atom. The van der Waals surface area contributed by atoms with Crippen LogP contribution in [0.5, 0.6) is 0 Å². The highest BCUT2D eigenvalue weighted by molar-refractivity contribution is 8.01. The number of halogens is 1. The van der Waals surface area contributed by atoms with Crippen molar-refractivity contribution in [2.75, 3.05) is 11.1 Å². The molecule has 0 saturated carbocycles. The standard InChI is InChI=1S/C12H12ClN3S2/c13-7-4-8-17-12-16-15-11(18-12)14-9-10-5-2-1-3-6-10/h1-7H,8-9H2,(H,14,15)/b7-4+. The fourth-order valence-electron chi connectivity index (χ4n) is 1.27. The lowest BCUT2D eigenvalue weighted by atomic mass is 10.2. The summed E-state index contributed by atoms with van der Waals surface area (Å²) in [6.45, 7) is 0.766. The van der Waals surface area contributed by atoms with Gasteiger partial charge in [-0.25, -0.2) is 0 Å². The third-order valence-corrected chi connectivity index (χ3v) is 4.23. The van der Waals surface area contributed by atoms with E-state index in [1.54, 1.807) is 23.1 Å². The SMILES string of the molecule is Cl/C=C/CSc1nnc(NCc2ccccc2)s1. The van der Waals surface area contributed by atoms with Crippen LogP contribution >= 0.6 is 34.7 Å². The van der Waals surface area contributed by atoms with Crippen LogP contribution in [0.3, 0.4) is 0 Å². The summed E-state index contributed by atoms with van der Waals surface area (Å²) in [6.07, 6.45) is 1.88. The summed E-state index contributed by atoms with van der Waals surface area (Å²) in [6, 6.07) is 10.2. The van der Waals surface area contributed by atoms with Gasteiger partial charge in [-0.1, -0.05) is 71.1 Å². The summed E-state index contributed by atoms with van der Waals surface area (Å²) in [4.78, 5) is 0. The number of hydrogen-bond donors (Lipinski definition) is 1. The van der Waals surface area contributed by atoms with Gasteiger partial charge in [-0.3, -0.25) is 0 Å². The Balaban J connectivity index is 1.83. The predicted octanol–water partition coefficient (Wildman–Crippen LogP) is 3.99. The van der Waals surface area contributed by atoms with Crippen LogP contribution in [0.15, 0.2) is 46.3 Å². The highest BCUT2D eigenvalue weighted by Crippen LogP contribution is 2.25. The third-order valence-electron chi connectivity index (χ3n) is 2.09. The van der Waals surface area contributed by atoms with Gasteiger partial charge in [0, 0.05) is 17.8 Å². The van der Waals surface area contributed by atoms with Gasteiger partial charge in [-0.15, -0.1) is 10.2 Å². The highest BCUT2D eigenvalue weighted by Gasteiger charge is 2.03. The molecule has 0 fully saturated rings. The number of nitrogens with zero attached hydrogens (tertiary/aromatic N) is 2. The maximum absolute atomic E-state index is 5.45. The summed E-state index contributed by atoms with van der Waals surface area (Å²) in [7, 11) is 0. The van der Waals surface area contributed by atoms with Gasteiger partial charge >= 0.3 is 0 Å². The van der Waals surface area contributed by atoms with E-state index < -0.39 is 0 Å². The molecule has 1 heterocycles. The number of hydrogen-bond acceptors (Lipinski definition) is 5. The second-order valence-electron chi connectivity index (χ2n) is 3.38. The van der Waals surface area contributed by atoms with Crippen molar-refractivity contribution in [3.8, 4) is 0 Å². The Kier molecular flexibility index (Phi) is 5.51. The number of anilines is 1. The first kappa shape index (κ1) is 13.4. The third kappa shape index (κ3) is 4.33. The number of rotatable bonds is 6. The molecule has 1 aromatic carbocycles. The monoisotopic (exact) mass is 297 g/mol. The molecule has 0 amide bonds. The van der Waals surface area contributed by atoms with Crippen LogP contribution in [0.1, 0.15) is 5.56 Å². The summed E-state index contributed by atoms with van der Waals surface area (Å²) in [5.41, 5.74) is 2.75. The summed E-state index contributed by atoms with van der Waals surface area (Å²) < 4.78 is 0.945. The van der Waals surface area contributed by atoms with Gasteiger partial charge in [0.15, 0.2) is 4.34 Å². The van der Waals surface area contributed by atoms with Crippen molar-refractivity contribution in [2.24, 2.45) is 0 Å². The van der Waals surface area contributed by atoms with Crippen LogP contribution in [-0.4, -0.2) is 16.0 Å². The Labute approximate surface area is 119 Å². The largest absolute Gasteiger partial charge is 0.356 e. The molecule has 2 rings (SSSR count). The van der Waals surface area contributed by atoms with Gasteiger partial charge in [0.1, 0.15) is 0 Å². The van der Waals surface area contributed by atoms with Crippen LogP contribution in [0.2, 0.25) is 0 Å². The van der Waals surface area contributed by atoms with E-state index in [2.05, 4.69) is 27.6 Å². The zero-order chi connectivity index (χ0) is 12.6. The fraction of sp³-hybridized carbons (Fsp3) is 0.167. The van der Waals surface area contributed by atoms with Crippen molar-refractivity contribution in [3.63, 3.8) is 0 Å². The van der Waals surface area contributed by atoms with E-state index in [1.807, 2.05) is 24.3 Å². The minimum absolute atomic E-state index is 0.766. The molecule has 1 N–H and O–H groups in total. The predicted molar refractivity (Wildman–Crippen MR) is 79.4 cm³/mol. The van der Waals surface area contributed by atoms with E-state index in [4.69, 9.17) is 11.6 Å². The van der Waals surface area contributed by atoms with Gasteiger partial charge in [0.2, 0.25) is 5.13 Å². The molecule has 0 spiro atoms. The van der Waals surface area contributed by atoms with Gasteiger partial charge in [0.25, 0.3) is 0 Å². The molecular formula is C12H12ClN3S2. The van der Waals surface area contributed by atoms with Crippen molar-refractivity contribution in [3.05, 3.63) is 47.5 Å². The van der Waals surface area contributed by atoms with Crippen LogP contribution in [0.4, 0.5) is 5.13 Å². The number of nitrogens with one attached hydrogen (secondary N) is 1. The lowest BCUT2D eigenvalue weighted by Gasteiger charge is -2.00. The average molecular weight is 298 g/mol. The summed E-state index contributed by atoms with van der Waals surface area (Å²) in [5.74, 6) is 0.816. The van der Waals surface area contributed by atoms with E-state index in [9.17, 15) is 0 Å². The second-order valence-corrected chi connectivity index (χ2v) is 5.88. The first-order chi connectivity index (χ1) is 8.88. The Morgan fingerprint density at radius 2 is 2.11 bits per heavy atom. The van der Waals surface area contributed by atoms with Crippen LogP contribution in [0.25, 0.3) is 0 Å². The molecule has 1 aromatic heterocycles. The summed E-state index contributed by atoms with van der Waals surface area (Å²) >= 11 is 8.63. The minimum Gasteiger partial charge on any atom is -0.356 e. The number of benzene rings is 1. The molecule has 0 unspecified atom stereocenters. The Bertz CT molecular complexity index is 499. The quantitative estimate of drug-likeness (QED) is 0.818. The molecule has 0 atom stereocenters. The Hall–Kier alpha value is -1.04.